The molecule has 1 unspecified atom stereocenters. The van der Waals surface area contributed by atoms with E-state index in [0.717, 1.165) is 19.5 Å². The SMILES string of the molecule is CCCNCC(OC(C)(C)C)c1ccc(C)cc1. The van der Waals surface area contributed by atoms with Crippen molar-refractivity contribution < 1.29 is 4.74 Å². The summed E-state index contributed by atoms with van der Waals surface area (Å²) in [6.07, 6.45) is 1.27. The van der Waals surface area contributed by atoms with Gasteiger partial charge in [0.05, 0.1) is 11.7 Å². The third-order valence-electron chi connectivity index (χ3n) is 2.70. The summed E-state index contributed by atoms with van der Waals surface area (Å²) in [5, 5.41) is 3.45. The number of hydrogen-bond acceptors (Lipinski definition) is 2. The minimum absolute atomic E-state index is 0.122. The minimum Gasteiger partial charge on any atom is -0.367 e. The Labute approximate surface area is 112 Å². The van der Waals surface area contributed by atoms with Gasteiger partial charge in [-0.3, -0.25) is 0 Å². The van der Waals surface area contributed by atoms with Gasteiger partial charge in [0, 0.05) is 6.54 Å². The van der Waals surface area contributed by atoms with E-state index in [4.69, 9.17) is 4.74 Å². The number of rotatable bonds is 6. The molecule has 0 heterocycles. The molecule has 18 heavy (non-hydrogen) atoms. The molecule has 1 rings (SSSR count). The average molecular weight is 249 g/mol. The fourth-order valence-corrected chi connectivity index (χ4v) is 1.85. The van der Waals surface area contributed by atoms with Gasteiger partial charge in [0.2, 0.25) is 0 Å². The van der Waals surface area contributed by atoms with E-state index in [1.807, 2.05) is 0 Å². The molecule has 0 fully saturated rings. The number of ether oxygens (including phenoxy) is 1. The summed E-state index contributed by atoms with van der Waals surface area (Å²) in [7, 11) is 0. The maximum absolute atomic E-state index is 6.15. The Kier molecular flexibility index (Phi) is 5.83. The van der Waals surface area contributed by atoms with E-state index >= 15 is 0 Å². The zero-order chi connectivity index (χ0) is 13.6. The van der Waals surface area contributed by atoms with Crippen LogP contribution in [0.1, 0.15) is 51.3 Å². The highest BCUT2D eigenvalue weighted by Crippen LogP contribution is 2.23. The van der Waals surface area contributed by atoms with E-state index in [-0.39, 0.29) is 11.7 Å². The second kappa shape index (κ2) is 6.91. The highest BCUT2D eigenvalue weighted by atomic mass is 16.5. The summed E-state index contributed by atoms with van der Waals surface area (Å²) in [5.41, 5.74) is 2.41. The van der Waals surface area contributed by atoms with Crippen LogP contribution in [0.25, 0.3) is 0 Å². The molecule has 0 saturated heterocycles. The third kappa shape index (κ3) is 5.65. The first-order valence-electron chi connectivity index (χ1n) is 6.87. The molecule has 0 aliphatic rings. The topological polar surface area (TPSA) is 21.3 Å². The zero-order valence-corrected chi connectivity index (χ0v) is 12.4. The molecule has 1 aromatic carbocycles. The largest absolute Gasteiger partial charge is 0.367 e. The lowest BCUT2D eigenvalue weighted by molar-refractivity contribution is -0.0605. The number of nitrogens with one attached hydrogen (secondary N) is 1. The lowest BCUT2D eigenvalue weighted by atomic mass is 10.1. The Bertz CT molecular complexity index is 337. The standard InChI is InChI=1S/C16H27NO/c1-6-11-17-12-15(18-16(3,4)5)14-9-7-13(2)8-10-14/h7-10,15,17H,6,11-12H2,1-5H3. The zero-order valence-electron chi connectivity index (χ0n) is 12.4. The molecule has 0 amide bonds. The van der Waals surface area contributed by atoms with Gasteiger partial charge in [0.25, 0.3) is 0 Å². The number of hydrogen-bond donors (Lipinski definition) is 1. The molecule has 1 N–H and O–H groups in total. The Morgan fingerprint density at radius 2 is 1.78 bits per heavy atom. The predicted octanol–water partition coefficient (Wildman–Crippen LogP) is 3.85. The first kappa shape index (κ1) is 15.2. The summed E-state index contributed by atoms with van der Waals surface area (Å²) in [5.74, 6) is 0. The van der Waals surface area contributed by atoms with Crippen LogP contribution in [0.3, 0.4) is 0 Å². The molecule has 2 nitrogen and oxygen atoms in total. The van der Waals surface area contributed by atoms with E-state index in [9.17, 15) is 0 Å². The average Bonchev–Trinajstić information content (AvgIpc) is 2.27. The fraction of sp³-hybridized carbons (Fsp3) is 0.625. The highest BCUT2D eigenvalue weighted by Gasteiger charge is 2.19. The third-order valence-corrected chi connectivity index (χ3v) is 2.70. The summed E-state index contributed by atoms with van der Waals surface area (Å²) >= 11 is 0. The molecule has 1 aromatic rings. The normalized spacial score (nSPS) is 13.6. The second-order valence-electron chi connectivity index (χ2n) is 5.83. The van der Waals surface area contributed by atoms with Crippen molar-refractivity contribution in [2.45, 2.75) is 52.7 Å². The van der Waals surface area contributed by atoms with Crippen molar-refractivity contribution in [2.24, 2.45) is 0 Å². The molecule has 102 valence electrons. The van der Waals surface area contributed by atoms with Crippen LogP contribution in [0.2, 0.25) is 0 Å². The maximum atomic E-state index is 6.15. The Balaban J connectivity index is 2.72. The summed E-state index contributed by atoms with van der Waals surface area (Å²) < 4.78 is 6.15. The molecule has 0 aliphatic heterocycles. The Morgan fingerprint density at radius 1 is 1.17 bits per heavy atom. The lowest BCUT2D eigenvalue weighted by Gasteiger charge is -2.28. The van der Waals surface area contributed by atoms with E-state index in [1.165, 1.54) is 11.1 Å². The Morgan fingerprint density at radius 3 is 2.28 bits per heavy atom. The van der Waals surface area contributed by atoms with Crippen molar-refractivity contribution in [3.63, 3.8) is 0 Å². The lowest BCUT2D eigenvalue weighted by Crippen LogP contribution is -2.30. The molecule has 0 aliphatic carbocycles. The number of aryl methyl sites for hydroxylation is 1. The van der Waals surface area contributed by atoms with E-state index in [1.54, 1.807) is 0 Å². The maximum Gasteiger partial charge on any atom is 0.0956 e. The van der Waals surface area contributed by atoms with Crippen LogP contribution in [0.5, 0.6) is 0 Å². The van der Waals surface area contributed by atoms with Gasteiger partial charge in [-0.15, -0.1) is 0 Å². The predicted molar refractivity (Wildman–Crippen MR) is 77.9 cm³/mol. The van der Waals surface area contributed by atoms with Gasteiger partial charge >= 0.3 is 0 Å². The van der Waals surface area contributed by atoms with Crippen LogP contribution in [0.4, 0.5) is 0 Å². The molecule has 0 spiro atoms. The molecule has 0 saturated carbocycles. The van der Waals surface area contributed by atoms with Crippen molar-refractivity contribution in [1.82, 2.24) is 5.32 Å². The van der Waals surface area contributed by atoms with Gasteiger partial charge in [-0.1, -0.05) is 36.8 Å². The van der Waals surface area contributed by atoms with Crippen LogP contribution in [0, 0.1) is 6.92 Å². The smallest absolute Gasteiger partial charge is 0.0956 e. The van der Waals surface area contributed by atoms with Gasteiger partial charge in [0.1, 0.15) is 0 Å². The molecular formula is C16H27NO. The molecule has 0 bridgehead atoms. The molecule has 2 heteroatoms. The summed E-state index contributed by atoms with van der Waals surface area (Å²) in [6, 6.07) is 8.63. The van der Waals surface area contributed by atoms with Gasteiger partial charge in [-0.2, -0.15) is 0 Å². The van der Waals surface area contributed by atoms with Gasteiger partial charge < -0.3 is 10.1 Å². The van der Waals surface area contributed by atoms with Crippen LogP contribution in [-0.4, -0.2) is 18.7 Å². The summed E-state index contributed by atoms with van der Waals surface area (Å²) in [4.78, 5) is 0. The van der Waals surface area contributed by atoms with Crippen molar-refractivity contribution in [3.8, 4) is 0 Å². The van der Waals surface area contributed by atoms with Crippen molar-refractivity contribution in [1.29, 1.82) is 0 Å². The quantitative estimate of drug-likeness (QED) is 0.773. The summed E-state index contributed by atoms with van der Waals surface area (Å²) in [6.45, 7) is 12.5. The molecular weight excluding hydrogens is 222 g/mol. The molecule has 0 radical (unpaired) electrons. The van der Waals surface area contributed by atoms with Crippen molar-refractivity contribution >= 4 is 0 Å². The van der Waals surface area contributed by atoms with Crippen molar-refractivity contribution in [2.75, 3.05) is 13.1 Å². The monoisotopic (exact) mass is 249 g/mol. The molecule has 0 aromatic heterocycles. The van der Waals surface area contributed by atoms with E-state index < -0.39 is 0 Å². The van der Waals surface area contributed by atoms with Gasteiger partial charge in [-0.25, -0.2) is 0 Å². The first-order valence-corrected chi connectivity index (χ1v) is 6.87. The van der Waals surface area contributed by atoms with Crippen LogP contribution >= 0.6 is 0 Å². The van der Waals surface area contributed by atoms with Crippen LogP contribution in [0.15, 0.2) is 24.3 Å². The minimum atomic E-state index is -0.122. The van der Waals surface area contributed by atoms with E-state index in [0.29, 0.717) is 0 Å². The second-order valence-corrected chi connectivity index (χ2v) is 5.83. The van der Waals surface area contributed by atoms with E-state index in [2.05, 4.69) is 64.2 Å². The number of benzene rings is 1. The van der Waals surface area contributed by atoms with Crippen LogP contribution < -0.4 is 5.32 Å². The molecule has 1 atom stereocenters. The van der Waals surface area contributed by atoms with Gasteiger partial charge in [-0.05, 0) is 46.2 Å². The Hall–Kier alpha value is -0.860. The highest BCUT2D eigenvalue weighted by molar-refractivity contribution is 5.23. The first-order chi connectivity index (χ1) is 8.42. The van der Waals surface area contributed by atoms with Crippen LogP contribution in [-0.2, 0) is 4.74 Å². The van der Waals surface area contributed by atoms with Crippen molar-refractivity contribution in [3.05, 3.63) is 35.4 Å². The fourth-order valence-electron chi connectivity index (χ4n) is 1.85. The van der Waals surface area contributed by atoms with Gasteiger partial charge in [0.15, 0.2) is 0 Å².